The first-order valence-corrected chi connectivity index (χ1v) is 22.1. The SMILES string of the molecule is c1ccc(-c2nc(-c3ccc4c(c3)oc3ccccc34)nc(-c3ccccc3-c3cccc(-c4cc5ccc6cccc7c8cccc9ccc%10cccc(c(c4)c5c67)c%10c98)c3)n2)cc1. The van der Waals surface area contributed by atoms with Gasteiger partial charge in [0.1, 0.15) is 11.2 Å². The van der Waals surface area contributed by atoms with Crippen LogP contribution in [0.4, 0.5) is 0 Å². The Balaban J connectivity index is 0.964. The first-order chi connectivity index (χ1) is 32.2. The lowest BCUT2D eigenvalue weighted by molar-refractivity contribution is 0.669. The molecule has 0 unspecified atom stereocenters. The van der Waals surface area contributed by atoms with Crippen LogP contribution < -0.4 is 0 Å². The summed E-state index contributed by atoms with van der Waals surface area (Å²) in [4.78, 5) is 15.5. The van der Waals surface area contributed by atoms with Crippen LogP contribution in [0.2, 0.25) is 0 Å². The number of hydrogen-bond donors (Lipinski definition) is 0. The Morgan fingerprint density at radius 2 is 0.769 bits per heavy atom. The third-order valence-corrected chi connectivity index (χ3v) is 13.4. The van der Waals surface area contributed by atoms with Crippen LogP contribution in [0, 0.1) is 0 Å². The predicted molar refractivity (Wildman–Crippen MR) is 271 cm³/mol. The summed E-state index contributed by atoms with van der Waals surface area (Å²) < 4.78 is 6.31. The van der Waals surface area contributed by atoms with Gasteiger partial charge in [0.25, 0.3) is 0 Å². The zero-order chi connectivity index (χ0) is 42.6. The topological polar surface area (TPSA) is 51.8 Å². The molecule has 0 N–H and O–H groups in total. The molecule has 14 rings (SSSR count). The highest BCUT2D eigenvalue weighted by Crippen LogP contribution is 2.45. The van der Waals surface area contributed by atoms with Gasteiger partial charge in [0.15, 0.2) is 17.5 Å². The molecule has 300 valence electrons. The summed E-state index contributed by atoms with van der Waals surface area (Å²) in [5.41, 5.74) is 8.78. The lowest BCUT2D eigenvalue weighted by atomic mass is 9.86. The van der Waals surface area contributed by atoms with Crippen molar-refractivity contribution >= 4 is 86.6 Å². The first-order valence-electron chi connectivity index (χ1n) is 22.1. The predicted octanol–water partition coefficient (Wildman–Crippen LogP) is 16.5. The monoisotopic (exact) mass is 825 g/mol. The number of para-hydroxylation sites is 1. The first kappa shape index (κ1) is 35.8. The van der Waals surface area contributed by atoms with Crippen LogP contribution in [0.3, 0.4) is 0 Å². The highest BCUT2D eigenvalue weighted by atomic mass is 16.3. The zero-order valence-corrected chi connectivity index (χ0v) is 35.0. The average Bonchev–Trinajstić information content (AvgIpc) is 3.75. The number of hydrogen-bond acceptors (Lipinski definition) is 4. The second-order valence-corrected chi connectivity index (χ2v) is 17.1. The van der Waals surface area contributed by atoms with Crippen LogP contribution in [-0.2, 0) is 0 Å². The third kappa shape index (κ3) is 5.54. The van der Waals surface area contributed by atoms with Gasteiger partial charge >= 0.3 is 0 Å². The van der Waals surface area contributed by atoms with Crippen molar-refractivity contribution in [3.63, 3.8) is 0 Å². The van der Waals surface area contributed by atoms with E-state index in [-0.39, 0.29) is 0 Å². The maximum Gasteiger partial charge on any atom is 0.164 e. The Hall–Kier alpha value is -8.73. The molecule has 0 fully saturated rings. The summed E-state index contributed by atoms with van der Waals surface area (Å²) in [5.74, 6) is 1.80. The summed E-state index contributed by atoms with van der Waals surface area (Å²) in [7, 11) is 0. The molecule has 0 aliphatic rings. The molecule has 0 atom stereocenters. The summed E-state index contributed by atoms with van der Waals surface area (Å²) >= 11 is 0. The molecule has 65 heavy (non-hydrogen) atoms. The number of rotatable bonds is 5. The van der Waals surface area contributed by atoms with Gasteiger partial charge in [-0.3, -0.25) is 0 Å². The Morgan fingerprint density at radius 1 is 0.246 bits per heavy atom. The summed E-state index contributed by atoms with van der Waals surface area (Å²) in [6.45, 7) is 0. The summed E-state index contributed by atoms with van der Waals surface area (Å²) in [5, 5.41) is 17.4. The van der Waals surface area contributed by atoms with Crippen molar-refractivity contribution in [2.24, 2.45) is 0 Å². The Labute approximate surface area is 373 Å². The van der Waals surface area contributed by atoms with Crippen molar-refractivity contribution in [2.75, 3.05) is 0 Å². The van der Waals surface area contributed by atoms with E-state index in [0.29, 0.717) is 17.5 Å². The molecule has 2 aromatic heterocycles. The van der Waals surface area contributed by atoms with Gasteiger partial charge in [0, 0.05) is 27.5 Å². The van der Waals surface area contributed by atoms with Gasteiger partial charge in [-0.05, 0) is 123 Å². The van der Waals surface area contributed by atoms with Crippen molar-refractivity contribution in [1.82, 2.24) is 15.0 Å². The Kier molecular flexibility index (Phi) is 7.65. The molecule has 0 amide bonds. The minimum absolute atomic E-state index is 0.584. The number of aromatic nitrogens is 3. The van der Waals surface area contributed by atoms with E-state index >= 15 is 0 Å². The molecule has 0 spiro atoms. The van der Waals surface area contributed by atoms with E-state index < -0.39 is 0 Å². The molecule has 12 aromatic carbocycles. The van der Waals surface area contributed by atoms with Crippen molar-refractivity contribution in [3.05, 3.63) is 212 Å². The second-order valence-electron chi connectivity index (χ2n) is 17.1. The number of furan rings is 1. The van der Waals surface area contributed by atoms with E-state index in [0.717, 1.165) is 60.9 Å². The molecule has 4 nitrogen and oxygen atoms in total. The highest BCUT2D eigenvalue weighted by Gasteiger charge is 2.19. The van der Waals surface area contributed by atoms with Crippen molar-refractivity contribution in [3.8, 4) is 56.4 Å². The van der Waals surface area contributed by atoms with E-state index in [1.165, 1.54) is 64.6 Å². The van der Waals surface area contributed by atoms with Crippen LogP contribution in [-0.4, -0.2) is 15.0 Å². The zero-order valence-electron chi connectivity index (χ0n) is 35.0. The summed E-state index contributed by atoms with van der Waals surface area (Å²) in [6.07, 6.45) is 0. The lowest BCUT2D eigenvalue weighted by Crippen LogP contribution is -2.01. The van der Waals surface area contributed by atoms with E-state index in [4.69, 9.17) is 19.4 Å². The van der Waals surface area contributed by atoms with E-state index in [2.05, 4.69) is 158 Å². The van der Waals surface area contributed by atoms with E-state index in [9.17, 15) is 0 Å². The smallest absolute Gasteiger partial charge is 0.164 e. The second kappa shape index (κ2) is 13.9. The van der Waals surface area contributed by atoms with Gasteiger partial charge < -0.3 is 4.42 Å². The van der Waals surface area contributed by atoms with Crippen LogP contribution in [0.15, 0.2) is 217 Å². The van der Waals surface area contributed by atoms with Crippen LogP contribution in [0.25, 0.3) is 143 Å². The maximum absolute atomic E-state index is 6.31. The Morgan fingerprint density at radius 3 is 1.51 bits per heavy atom. The normalized spacial score (nSPS) is 12.0. The fraction of sp³-hybridized carbons (Fsp3) is 0. The molecular formula is C61H35N3O. The lowest BCUT2D eigenvalue weighted by Gasteiger charge is -2.17. The van der Waals surface area contributed by atoms with Crippen molar-refractivity contribution in [1.29, 1.82) is 0 Å². The molecule has 0 aliphatic carbocycles. The third-order valence-electron chi connectivity index (χ3n) is 13.4. The molecule has 0 saturated carbocycles. The van der Waals surface area contributed by atoms with E-state index in [1.54, 1.807) is 0 Å². The Bertz CT molecular complexity index is 4240. The molecular weight excluding hydrogens is 791 g/mol. The molecule has 4 heteroatoms. The van der Waals surface area contributed by atoms with Gasteiger partial charge in [-0.1, -0.05) is 176 Å². The highest BCUT2D eigenvalue weighted by molar-refractivity contribution is 6.37. The maximum atomic E-state index is 6.31. The van der Waals surface area contributed by atoms with Gasteiger partial charge in [-0.25, -0.2) is 15.0 Å². The minimum atomic E-state index is 0.584. The molecule has 14 aromatic rings. The van der Waals surface area contributed by atoms with Crippen LogP contribution in [0.1, 0.15) is 0 Å². The van der Waals surface area contributed by atoms with Crippen LogP contribution in [0.5, 0.6) is 0 Å². The van der Waals surface area contributed by atoms with Crippen molar-refractivity contribution < 1.29 is 4.42 Å². The van der Waals surface area contributed by atoms with Crippen molar-refractivity contribution in [2.45, 2.75) is 0 Å². The molecule has 2 heterocycles. The van der Waals surface area contributed by atoms with Gasteiger partial charge in [-0.2, -0.15) is 0 Å². The van der Waals surface area contributed by atoms with E-state index in [1.807, 2.05) is 54.6 Å². The largest absolute Gasteiger partial charge is 0.456 e. The molecule has 0 radical (unpaired) electrons. The van der Waals surface area contributed by atoms with Crippen LogP contribution >= 0.6 is 0 Å². The quantitative estimate of drug-likeness (QED) is 0.162. The number of benzene rings is 11. The van der Waals surface area contributed by atoms with Gasteiger partial charge in [0.2, 0.25) is 0 Å². The minimum Gasteiger partial charge on any atom is -0.456 e. The molecule has 0 bridgehead atoms. The number of fused-ring (bicyclic) bond motifs is 5. The fourth-order valence-electron chi connectivity index (χ4n) is 10.5. The van der Waals surface area contributed by atoms with Gasteiger partial charge in [0.05, 0.1) is 0 Å². The molecule has 0 saturated heterocycles. The van der Waals surface area contributed by atoms with Gasteiger partial charge in [-0.15, -0.1) is 0 Å². The summed E-state index contributed by atoms with van der Waals surface area (Å²) in [6, 6.07) is 76.1. The number of nitrogens with zero attached hydrogens (tertiary/aromatic N) is 3. The molecule has 0 aliphatic heterocycles. The standard InChI is InChI=1S/C61H35N3O/c1-2-12-39(13-3-1)59-62-60(43-30-31-47-46-20-6-7-25-53(46)65-54(47)35-43)64-61(63-59)51-21-5-4-19-45(51)41-18-8-17-40(32-41)44-33-42-29-28-38-15-10-23-49-48-22-9-14-36-26-27-37-16-11-24-50(57(37)55(36)48)52(34-44)58(42)56(38)49/h1-35H. The fourth-order valence-corrected chi connectivity index (χ4v) is 10.5. The average molecular weight is 826 g/mol.